The summed E-state index contributed by atoms with van der Waals surface area (Å²) in [6, 6.07) is 0.218. The van der Waals surface area contributed by atoms with Crippen molar-refractivity contribution in [3.05, 3.63) is 0 Å². The molecule has 0 aromatic carbocycles. The zero-order valence-electron chi connectivity index (χ0n) is 10.2. The highest BCUT2D eigenvalue weighted by molar-refractivity contribution is 4.71. The molecule has 0 fully saturated rings. The van der Waals surface area contributed by atoms with Crippen LogP contribution < -0.4 is 5.32 Å². The number of halogens is 3. The molecule has 2 nitrogen and oxygen atoms in total. The molecular weight excluding hydrogens is 219 g/mol. The van der Waals surface area contributed by atoms with Gasteiger partial charge in [-0.15, -0.1) is 0 Å². The summed E-state index contributed by atoms with van der Waals surface area (Å²) >= 11 is 0. The summed E-state index contributed by atoms with van der Waals surface area (Å²) in [4.78, 5) is 0. The lowest BCUT2D eigenvalue weighted by Gasteiger charge is -2.23. The first-order chi connectivity index (χ1) is 7.40. The van der Waals surface area contributed by atoms with Crippen molar-refractivity contribution in [1.29, 1.82) is 0 Å². The van der Waals surface area contributed by atoms with Gasteiger partial charge in [-0.25, -0.2) is 0 Å². The molecule has 0 bridgehead atoms. The third-order valence-electron chi connectivity index (χ3n) is 2.46. The SMILES string of the molecule is CCNC(CC)C(C)OCCCC(F)(F)F. The van der Waals surface area contributed by atoms with Gasteiger partial charge in [-0.1, -0.05) is 13.8 Å². The number of likely N-dealkylation sites (N-methyl/N-ethyl adjacent to an activating group) is 1. The van der Waals surface area contributed by atoms with E-state index in [4.69, 9.17) is 4.74 Å². The first kappa shape index (κ1) is 15.7. The van der Waals surface area contributed by atoms with Crippen molar-refractivity contribution in [3.63, 3.8) is 0 Å². The molecule has 0 amide bonds. The lowest BCUT2D eigenvalue weighted by atomic mass is 10.1. The molecular formula is C11H22F3NO. The normalized spacial score (nSPS) is 16.1. The molecule has 0 aliphatic rings. The van der Waals surface area contributed by atoms with Gasteiger partial charge >= 0.3 is 6.18 Å². The highest BCUT2D eigenvalue weighted by Crippen LogP contribution is 2.21. The molecule has 2 atom stereocenters. The molecule has 1 N–H and O–H groups in total. The number of rotatable bonds is 8. The average molecular weight is 241 g/mol. The van der Waals surface area contributed by atoms with Crippen molar-refractivity contribution in [2.75, 3.05) is 13.2 Å². The van der Waals surface area contributed by atoms with Gasteiger partial charge in [0.2, 0.25) is 0 Å². The summed E-state index contributed by atoms with van der Waals surface area (Å²) in [5, 5.41) is 3.24. The van der Waals surface area contributed by atoms with Gasteiger partial charge in [0.15, 0.2) is 0 Å². The molecule has 0 saturated carbocycles. The predicted molar refractivity (Wildman–Crippen MR) is 58.5 cm³/mol. The fraction of sp³-hybridized carbons (Fsp3) is 1.00. The fourth-order valence-corrected chi connectivity index (χ4v) is 1.56. The van der Waals surface area contributed by atoms with Gasteiger partial charge in [0.05, 0.1) is 6.10 Å². The highest BCUT2D eigenvalue weighted by atomic mass is 19.4. The molecule has 0 rings (SSSR count). The molecule has 0 aromatic heterocycles. The second kappa shape index (κ2) is 7.90. The molecule has 0 radical (unpaired) electrons. The molecule has 0 aromatic rings. The van der Waals surface area contributed by atoms with E-state index in [1.165, 1.54) is 0 Å². The lowest BCUT2D eigenvalue weighted by molar-refractivity contribution is -0.139. The van der Waals surface area contributed by atoms with E-state index < -0.39 is 12.6 Å². The van der Waals surface area contributed by atoms with Gasteiger partial charge < -0.3 is 10.1 Å². The molecule has 0 heterocycles. The van der Waals surface area contributed by atoms with Crippen LogP contribution in [0.4, 0.5) is 13.2 Å². The van der Waals surface area contributed by atoms with Crippen molar-refractivity contribution < 1.29 is 17.9 Å². The van der Waals surface area contributed by atoms with Crippen LogP contribution >= 0.6 is 0 Å². The highest BCUT2D eigenvalue weighted by Gasteiger charge is 2.26. The van der Waals surface area contributed by atoms with E-state index in [9.17, 15) is 13.2 Å². The summed E-state index contributed by atoms with van der Waals surface area (Å²) in [6.45, 7) is 6.93. The number of nitrogens with one attached hydrogen (secondary N) is 1. The van der Waals surface area contributed by atoms with Crippen LogP contribution in [0.2, 0.25) is 0 Å². The largest absolute Gasteiger partial charge is 0.389 e. The Labute approximate surface area is 95.5 Å². The van der Waals surface area contributed by atoms with Gasteiger partial charge in [0.25, 0.3) is 0 Å². The van der Waals surface area contributed by atoms with Crippen LogP contribution in [0, 0.1) is 0 Å². The van der Waals surface area contributed by atoms with Gasteiger partial charge in [0, 0.05) is 19.1 Å². The zero-order valence-corrected chi connectivity index (χ0v) is 10.2. The van der Waals surface area contributed by atoms with E-state index in [1.807, 2.05) is 20.8 Å². The first-order valence-electron chi connectivity index (χ1n) is 5.82. The monoisotopic (exact) mass is 241 g/mol. The van der Waals surface area contributed by atoms with Gasteiger partial charge in [-0.05, 0) is 26.3 Å². The Bertz CT molecular complexity index is 173. The van der Waals surface area contributed by atoms with Crippen LogP contribution in [-0.2, 0) is 4.74 Å². The standard InChI is InChI=1S/C11H22F3NO/c1-4-10(15-5-2)9(3)16-8-6-7-11(12,13)14/h9-10,15H,4-8H2,1-3H3. The van der Waals surface area contributed by atoms with Crippen LogP contribution in [0.3, 0.4) is 0 Å². The van der Waals surface area contributed by atoms with Crippen LogP contribution in [0.1, 0.15) is 40.0 Å². The Morgan fingerprint density at radius 1 is 1.25 bits per heavy atom. The molecule has 0 aliphatic heterocycles. The van der Waals surface area contributed by atoms with E-state index in [1.54, 1.807) is 0 Å². The van der Waals surface area contributed by atoms with Gasteiger partial charge in [-0.3, -0.25) is 0 Å². The van der Waals surface area contributed by atoms with E-state index in [2.05, 4.69) is 5.32 Å². The minimum absolute atomic E-state index is 0.0381. The van der Waals surface area contributed by atoms with Crippen LogP contribution in [-0.4, -0.2) is 31.5 Å². The summed E-state index contributed by atoms with van der Waals surface area (Å²) in [7, 11) is 0. The Hall–Kier alpha value is -0.290. The molecule has 0 saturated heterocycles. The van der Waals surface area contributed by atoms with Crippen LogP contribution in [0.15, 0.2) is 0 Å². The number of ether oxygens (including phenoxy) is 1. The second-order valence-corrected chi connectivity index (χ2v) is 3.87. The van der Waals surface area contributed by atoms with E-state index in [0.29, 0.717) is 0 Å². The van der Waals surface area contributed by atoms with Crippen molar-refractivity contribution in [2.45, 2.75) is 58.4 Å². The maximum Gasteiger partial charge on any atom is 0.389 e. The van der Waals surface area contributed by atoms with Crippen molar-refractivity contribution in [2.24, 2.45) is 0 Å². The summed E-state index contributed by atoms with van der Waals surface area (Å²) < 4.78 is 41.0. The molecule has 0 aliphatic carbocycles. The van der Waals surface area contributed by atoms with E-state index >= 15 is 0 Å². The average Bonchev–Trinajstić information content (AvgIpc) is 2.19. The Morgan fingerprint density at radius 2 is 1.88 bits per heavy atom. The predicted octanol–water partition coefficient (Wildman–Crippen LogP) is 3.12. The minimum Gasteiger partial charge on any atom is -0.377 e. The third kappa shape index (κ3) is 7.93. The van der Waals surface area contributed by atoms with E-state index in [-0.39, 0.29) is 25.2 Å². The zero-order chi connectivity index (χ0) is 12.6. The second-order valence-electron chi connectivity index (χ2n) is 3.87. The van der Waals surface area contributed by atoms with Crippen molar-refractivity contribution in [1.82, 2.24) is 5.32 Å². The van der Waals surface area contributed by atoms with Crippen molar-refractivity contribution in [3.8, 4) is 0 Å². The van der Waals surface area contributed by atoms with Gasteiger partial charge in [-0.2, -0.15) is 13.2 Å². The minimum atomic E-state index is -4.07. The molecule has 2 unspecified atom stereocenters. The molecule has 98 valence electrons. The van der Waals surface area contributed by atoms with Gasteiger partial charge in [0.1, 0.15) is 0 Å². The maximum atomic E-state index is 11.9. The summed E-state index contributed by atoms with van der Waals surface area (Å²) in [5.74, 6) is 0. The maximum absolute atomic E-state index is 11.9. The Kier molecular flexibility index (Phi) is 7.76. The Morgan fingerprint density at radius 3 is 2.31 bits per heavy atom. The van der Waals surface area contributed by atoms with Crippen molar-refractivity contribution >= 4 is 0 Å². The topological polar surface area (TPSA) is 21.3 Å². The Balaban J connectivity index is 3.66. The quantitative estimate of drug-likeness (QED) is 0.659. The number of alkyl halides is 3. The number of hydrogen-bond acceptors (Lipinski definition) is 2. The third-order valence-corrected chi connectivity index (χ3v) is 2.46. The fourth-order valence-electron chi connectivity index (χ4n) is 1.56. The number of hydrogen-bond donors (Lipinski definition) is 1. The smallest absolute Gasteiger partial charge is 0.377 e. The molecule has 5 heteroatoms. The van der Waals surface area contributed by atoms with Crippen LogP contribution in [0.5, 0.6) is 0 Å². The summed E-state index contributed by atoms with van der Waals surface area (Å²) in [5.41, 5.74) is 0. The first-order valence-corrected chi connectivity index (χ1v) is 5.82. The van der Waals surface area contributed by atoms with Crippen LogP contribution in [0.25, 0.3) is 0 Å². The summed E-state index contributed by atoms with van der Waals surface area (Å²) in [6.07, 6.45) is -3.93. The molecule has 16 heavy (non-hydrogen) atoms. The molecule has 0 spiro atoms. The lowest BCUT2D eigenvalue weighted by Crippen LogP contribution is -2.39. The van der Waals surface area contributed by atoms with E-state index in [0.717, 1.165) is 13.0 Å².